The van der Waals surface area contributed by atoms with Crippen molar-refractivity contribution >= 4 is 39.1 Å². The average molecular weight is 562 g/mol. The standard InChI is InChI=1S/C38H28FN3O/c1-38(2)28-17-16-26(37(39)25-11-9-10-24(22-25)29-13-5-7-20-40-29)23-31(28)42(34-15-6-8-21-41-34)30-18-19-33-35(36(30)38)27-12-3-4-14-32(27)43-33/h3-23,37H,1-2H3. The Morgan fingerprint density at radius 1 is 0.698 bits per heavy atom. The van der Waals surface area contributed by atoms with Gasteiger partial charge in [0.15, 0.2) is 6.17 Å². The number of nitrogens with zero attached hydrogens (tertiary/aromatic N) is 3. The summed E-state index contributed by atoms with van der Waals surface area (Å²) in [6.45, 7) is 4.48. The highest BCUT2D eigenvalue weighted by molar-refractivity contribution is 6.10. The Bertz CT molecular complexity index is 2140. The number of benzene rings is 4. The van der Waals surface area contributed by atoms with Crippen LogP contribution in [0.25, 0.3) is 33.2 Å². The lowest BCUT2D eigenvalue weighted by atomic mass is 9.71. The number of hydrogen-bond donors (Lipinski definition) is 0. The zero-order chi connectivity index (χ0) is 29.1. The predicted octanol–water partition coefficient (Wildman–Crippen LogP) is 10.2. The molecule has 1 aliphatic rings. The number of pyridine rings is 2. The van der Waals surface area contributed by atoms with Crippen molar-refractivity contribution < 1.29 is 8.81 Å². The Morgan fingerprint density at radius 3 is 2.30 bits per heavy atom. The molecule has 43 heavy (non-hydrogen) atoms. The van der Waals surface area contributed by atoms with Crippen LogP contribution in [0.15, 0.2) is 132 Å². The second-order valence-corrected chi connectivity index (χ2v) is 11.6. The van der Waals surface area contributed by atoms with Crippen LogP contribution >= 0.6 is 0 Å². The maximum Gasteiger partial charge on any atom is 0.150 e. The van der Waals surface area contributed by atoms with E-state index in [9.17, 15) is 0 Å². The minimum Gasteiger partial charge on any atom is -0.456 e. The smallest absolute Gasteiger partial charge is 0.150 e. The van der Waals surface area contributed by atoms with Gasteiger partial charge in [0, 0.05) is 34.1 Å². The molecule has 0 radical (unpaired) electrons. The van der Waals surface area contributed by atoms with E-state index in [1.54, 1.807) is 12.4 Å². The summed E-state index contributed by atoms with van der Waals surface area (Å²) in [5.74, 6) is 0.775. The molecule has 0 saturated carbocycles. The van der Waals surface area contributed by atoms with Gasteiger partial charge in [-0.25, -0.2) is 9.37 Å². The number of fused-ring (bicyclic) bond motifs is 6. The summed E-state index contributed by atoms with van der Waals surface area (Å²) in [5.41, 5.74) is 8.41. The van der Waals surface area contributed by atoms with Crippen LogP contribution in [-0.2, 0) is 5.41 Å². The van der Waals surface area contributed by atoms with Crippen LogP contribution in [0.4, 0.5) is 21.6 Å². The molecule has 1 atom stereocenters. The molecule has 0 N–H and O–H groups in total. The van der Waals surface area contributed by atoms with Crippen LogP contribution in [0, 0.1) is 0 Å². The van der Waals surface area contributed by atoms with Crippen LogP contribution < -0.4 is 4.90 Å². The monoisotopic (exact) mass is 561 g/mol. The van der Waals surface area contributed by atoms with E-state index in [1.165, 1.54) is 5.56 Å². The topological polar surface area (TPSA) is 42.2 Å². The fourth-order valence-electron chi connectivity index (χ4n) is 6.62. The second kappa shape index (κ2) is 9.63. The molecule has 4 aromatic carbocycles. The minimum atomic E-state index is -1.32. The van der Waals surface area contributed by atoms with E-state index in [1.807, 2.05) is 97.1 Å². The van der Waals surface area contributed by atoms with Crippen molar-refractivity contribution in [2.24, 2.45) is 0 Å². The third-order valence-electron chi connectivity index (χ3n) is 8.63. The van der Waals surface area contributed by atoms with Gasteiger partial charge < -0.3 is 4.42 Å². The van der Waals surface area contributed by atoms with Crippen LogP contribution in [-0.4, -0.2) is 9.97 Å². The fraction of sp³-hybridized carbons (Fsp3) is 0.105. The van der Waals surface area contributed by atoms with Gasteiger partial charge in [0.05, 0.1) is 17.1 Å². The lowest BCUT2D eigenvalue weighted by molar-refractivity contribution is 0.402. The van der Waals surface area contributed by atoms with Crippen molar-refractivity contribution in [3.63, 3.8) is 0 Å². The molecule has 0 saturated heterocycles. The predicted molar refractivity (Wildman–Crippen MR) is 171 cm³/mol. The maximum absolute atomic E-state index is 16.4. The third-order valence-corrected chi connectivity index (χ3v) is 8.63. The third kappa shape index (κ3) is 3.96. The summed E-state index contributed by atoms with van der Waals surface area (Å²) in [4.78, 5) is 11.4. The first-order chi connectivity index (χ1) is 21.0. The maximum atomic E-state index is 16.4. The lowest BCUT2D eigenvalue weighted by Crippen LogP contribution is -2.31. The summed E-state index contributed by atoms with van der Waals surface area (Å²) in [7, 11) is 0. The Labute approximate surface area is 249 Å². The van der Waals surface area contributed by atoms with Crippen molar-refractivity contribution in [2.45, 2.75) is 25.4 Å². The summed E-state index contributed by atoms with van der Waals surface area (Å²) >= 11 is 0. The van der Waals surface area contributed by atoms with Gasteiger partial charge in [-0.2, -0.15) is 0 Å². The normalized spacial score (nSPS) is 14.4. The molecule has 208 valence electrons. The highest BCUT2D eigenvalue weighted by atomic mass is 19.1. The molecule has 1 aliphatic heterocycles. The quantitative estimate of drug-likeness (QED) is 0.214. The molecular weight excluding hydrogens is 533 g/mol. The molecule has 0 bridgehead atoms. The fourth-order valence-corrected chi connectivity index (χ4v) is 6.62. The molecule has 3 aromatic heterocycles. The van der Waals surface area contributed by atoms with E-state index < -0.39 is 11.6 Å². The van der Waals surface area contributed by atoms with Gasteiger partial charge >= 0.3 is 0 Å². The first-order valence-corrected chi connectivity index (χ1v) is 14.5. The molecule has 4 heterocycles. The molecule has 4 nitrogen and oxygen atoms in total. The Morgan fingerprint density at radius 2 is 1.49 bits per heavy atom. The van der Waals surface area contributed by atoms with E-state index in [2.05, 4.69) is 41.9 Å². The van der Waals surface area contributed by atoms with Crippen LogP contribution in [0.5, 0.6) is 0 Å². The van der Waals surface area contributed by atoms with E-state index in [-0.39, 0.29) is 0 Å². The molecule has 0 aliphatic carbocycles. The van der Waals surface area contributed by atoms with Crippen LogP contribution in [0.1, 0.15) is 42.3 Å². The van der Waals surface area contributed by atoms with E-state index in [0.717, 1.165) is 56.0 Å². The van der Waals surface area contributed by atoms with Crippen molar-refractivity contribution in [1.82, 2.24) is 9.97 Å². The molecule has 7 aromatic rings. The zero-order valence-electron chi connectivity index (χ0n) is 23.8. The molecule has 5 heteroatoms. The van der Waals surface area contributed by atoms with E-state index in [4.69, 9.17) is 9.40 Å². The Hall–Kier alpha value is -5.29. The molecular formula is C38H28FN3O. The number of alkyl halides is 1. The summed E-state index contributed by atoms with van der Waals surface area (Å²) in [5, 5.41) is 2.18. The Kier molecular flexibility index (Phi) is 5.70. The Balaban J connectivity index is 1.32. The van der Waals surface area contributed by atoms with Crippen LogP contribution in [0.3, 0.4) is 0 Å². The summed E-state index contributed by atoms with van der Waals surface area (Å²) in [6, 6.07) is 37.6. The van der Waals surface area contributed by atoms with Gasteiger partial charge in [0.25, 0.3) is 0 Å². The van der Waals surface area contributed by atoms with Crippen molar-refractivity contribution in [2.75, 3.05) is 4.90 Å². The van der Waals surface area contributed by atoms with Gasteiger partial charge in [0.2, 0.25) is 0 Å². The first-order valence-electron chi connectivity index (χ1n) is 14.5. The largest absolute Gasteiger partial charge is 0.456 e. The number of para-hydroxylation sites is 1. The number of hydrogen-bond acceptors (Lipinski definition) is 4. The zero-order valence-corrected chi connectivity index (χ0v) is 23.8. The number of aromatic nitrogens is 2. The van der Waals surface area contributed by atoms with Crippen LogP contribution in [0.2, 0.25) is 0 Å². The molecule has 8 rings (SSSR count). The van der Waals surface area contributed by atoms with Crippen molar-refractivity contribution in [3.05, 3.63) is 150 Å². The molecule has 1 unspecified atom stereocenters. The van der Waals surface area contributed by atoms with E-state index >= 15 is 4.39 Å². The van der Waals surface area contributed by atoms with Gasteiger partial charge in [0.1, 0.15) is 17.0 Å². The van der Waals surface area contributed by atoms with Gasteiger partial charge in [-0.15, -0.1) is 0 Å². The number of anilines is 3. The number of halogens is 1. The van der Waals surface area contributed by atoms with Crippen molar-refractivity contribution in [3.8, 4) is 11.3 Å². The summed E-state index contributed by atoms with van der Waals surface area (Å²) < 4.78 is 22.7. The molecule has 0 spiro atoms. The number of furan rings is 1. The van der Waals surface area contributed by atoms with E-state index in [0.29, 0.717) is 11.1 Å². The molecule has 0 fully saturated rings. The van der Waals surface area contributed by atoms with Gasteiger partial charge in [-0.05, 0) is 76.9 Å². The summed E-state index contributed by atoms with van der Waals surface area (Å²) in [6.07, 6.45) is 2.24. The second-order valence-electron chi connectivity index (χ2n) is 11.6. The minimum absolute atomic E-state index is 0.397. The molecule has 0 amide bonds. The van der Waals surface area contributed by atoms with Gasteiger partial charge in [-0.3, -0.25) is 9.88 Å². The number of rotatable bonds is 4. The highest BCUT2D eigenvalue weighted by Gasteiger charge is 2.40. The first kappa shape index (κ1) is 25.4. The van der Waals surface area contributed by atoms with Crippen molar-refractivity contribution in [1.29, 1.82) is 0 Å². The average Bonchev–Trinajstić information content (AvgIpc) is 3.44. The lowest BCUT2D eigenvalue weighted by Gasteiger charge is -2.42. The van der Waals surface area contributed by atoms with Gasteiger partial charge in [-0.1, -0.05) is 74.5 Å². The SMILES string of the molecule is CC1(C)c2ccc(C(F)c3cccc(-c4ccccn4)c3)cc2N(c2ccccn2)c2ccc3oc4ccccc4c3c21. The highest BCUT2D eigenvalue weighted by Crippen LogP contribution is 2.55.